The fourth-order valence-electron chi connectivity index (χ4n) is 3.73. The first-order chi connectivity index (χ1) is 11.2. The molecule has 1 aliphatic carbocycles. The molecular formula is C18H25N3OS. The standard InChI is InChI=1S/C18H25N3OS/c1-4-19-18(23)21-17(13-8-10-14(22-3)11-9-13)15-7-5-6-12(2)16(15)20-21/h8-12,15,17H,4-7H2,1-3H3,(H,19,23)/t12?,15-,17+/m0/s1. The van der Waals surface area contributed by atoms with E-state index in [4.69, 9.17) is 22.1 Å². The Balaban J connectivity index is 1.94. The van der Waals surface area contributed by atoms with Gasteiger partial charge in [-0.05, 0) is 55.6 Å². The van der Waals surface area contributed by atoms with Crippen molar-refractivity contribution in [2.75, 3.05) is 13.7 Å². The zero-order valence-corrected chi connectivity index (χ0v) is 14.9. The summed E-state index contributed by atoms with van der Waals surface area (Å²) in [6.45, 7) is 5.17. The quantitative estimate of drug-likeness (QED) is 0.856. The number of thiocarbonyl (C=S) groups is 1. The van der Waals surface area contributed by atoms with Crippen LogP contribution in [0.1, 0.15) is 44.7 Å². The van der Waals surface area contributed by atoms with Crippen molar-refractivity contribution in [3.05, 3.63) is 29.8 Å². The summed E-state index contributed by atoms with van der Waals surface area (Å²) < 4.78 is 5.29. The molecule has 3 atom stereocenters. The lowest BCUT2D eigenvalue weighted by Gasteiger charge is -2.31. The van der Waals surface area contributed by atoms with Crippen molar-refractivity contribution < 1.29 is 4.74 Å². The van der Waals surface area contributed by atoms with Crippen LogP contribution in [0.25, 0.3) is 0 Å². The predicted molar refractivity (Wildman–Crippen MR) is 97.8 cm³/mol. The van der Waals surface area contributed by atoms with E-state index in [-0.39, 0.29) is 6.04 Å². The monoisotopic (exact) mass is 331 g/mol. The number of nitrogens with zero attached hydrogens (tertiary/aromatic N) is 2. The van der Waals surface area contributed by atoms with E-state index in [1.165, 1.54) is 30.5 Å². The third-order valence-corrected chi connectivity index (χ3v) is 5.23. The van der Waals surface area contributed by atoms with Gasteiger partial charge in [0.1, 0.15) is 5.75 Å². The lowest BCUT2D eigenvalue weighted by atomic mass is 9.76. The van der Waals surface area contributed by atoms with E-state index < -0.39 is 0 Å². The summed E-state index contributed by atoms with van der Waals surface area (Å²) in [5, 5.41) is 10.9. The molecule has 0 bridgehead atoms. The van der Waals surface area contributed by atoms with E-state index >= 15 is 0 Å². The van der Waals surface area contributed by atoms with Crippen molar-refractivity contribution >= 4 is 23.0 Å². The third kappa shape index (κ3) is 3.07. The highest BCUT2D eigenvalue weighted by atomic mass is 32.1. The number of nitrogens with one attached hydrogen (secondary N) is 1. The zero-order valence-electron chi connectivity index (χ0n) is 14.1. The number of rotatable bonds is 3. The van der Waals surface area contributed by atoms with Crippen molar-refractivity contribution in [2.45, 2.75) is 39.2 Å². The molecule has 4 nitrogen and oxygen atoms in total. The van der Waals surface area contributed by atoms with Crippen molar-refractivity contribution in [1.82, 2.24) is 10.3 Å². The molecule has 23 heavy (non-hydrogen) atoms. The normalized spacial score (nSPS) is 26.5. The number of hydrogen-bond acceptors (Lipinski definition) is 3. The van der Waals surface area contributed by atoms with Gasteiger partial charge in [-0.25, -0.2) is 5.01 Å². The molecule has 1 unspecified atom stereocenters. The van der Waals surface area contributed by atoms with Gasteiger partial charge >= 0.3 is 0 Å². The molecule has 5 heteroatoms. The number of hydrazone groups is 1. The lowest BCUT2D eigenvalue weighted by molar-refractivity contribution is 0.293. The van der Waals surface area contributed by atoms with Crippen LogP contribution in [-0.2, 0) is 0 Å². The predicted octanol–water partition coefficient (Wildman–Crippen LogP) is 3.74. The van der Waals surface area contributed by atoms with Crippen LogP contribution in [0.5, 0.6) is 5.75 Å². The van der Waals surface area contributed by atoms with E-state index in [0.29, 0.717) is 11.8 Å². The molecule has 1 saturated carbocycles. The molecular weight excluding hydrogens is 306 g/mol. The molecule has 1 N–H and O–H groups in total. The summed E-state index contributed by atoms with van der Waals surface area (Å²) in [4.78, 5) is 0. The van der Waals surface area contributed by atoms with E-state index in [9.17, 15) is 0 Å². The minimum absolute atomic E-state index is 0.199. The van der Waals surface area contributed by atoms with Gasteiger partial charge < -0.3 is 10.1 Å². The second-order valence-electron chi connectivity index (χ2n) is 6.36. The highest BCUT2D eigenvalue weighted by Gasteiger charge is 2.43. The summed E-state index contributed by atoms with van der Waals surface area (Å²) in [6, 6.07) is 8.53. The Bertz CT molecular complexity index is 599. The maximum absolute atomic E-state index is 5.58. The van der Waals surface area contributed by atoms with Crippen LogP contribution in [0.2, 0.25) is 0 Å². The van der Waals surface area contributed by atoms with Gasteiger partial charge in [-0.2, -0.15) is 5.10 Å². The number of ether oxygens (including phenoxy) is 1. The van der Waals surface area contributed by atoms with Crippen LogP contribution >= 0.6 is 12.2 Å². The molecule has 2 aliphatic rings. The van der Waals surface area contributed by atoms with Crippen LogP contribution in [-0.4, -0.2) is 29.5 Å². The van der Waals surface area contributed by atoms with Gasteiger partial charge in [0.15, 0.2) is 5.11 Å². The summed E-state index contributed by atoms with van der Waals surface area (Å²) >= 11 is 5.58. The van der Waals surface area contributed by atoms with Gasteiger partial charge in [-0.3, -0.25) is 0 Å². The minimum Gasteiger partial charge on any atom is -0.497 e. The minimum atomic E-state index is 0.199. The Morgan fingerprint density at radius 3 is 2.74 bits per heavy atom. The number of methoxy groups -OCH3 is 1. The summed E-state index contributed by atoms with van der Waals surface area (Å²) in [6.07, 6.45) is 3.68. The Kier molecular flexibility index (Phi) is 4.85. The molecule has 124 valence electrons. The van der Waals surface area contributed by atoms with Crippen LogP contribution < -0.4 is 10.1 Å². The Morgan fingerprint density at radius 2 is 2.09 bits per heavy atom. The fourth-order valence-corrected chi connectivity index (χ4v) is 4.03. The molecule has 1 aliphatic heterocycles. The van der Waals surface area contributed by atoms with E-state index in [0.717, 1.165) is 17.4 Å². The first-order valence-corrected chi connectivity index (χ1v) is 8.86. The Labute approximate surface area is 143 Å². The summed E-state index contributed by atoms with van der Waals surface area (Å²) in [5.74, 6) is 1.89. The third-order valence-electron chi connectivity index (χ3n) is 4.90. The van der Waals surface area contributed by atoms with Gasteiger partial charge in [0.05, 0.1) is 13.2 Å². The van der Waals surface area contributed by atoms with Crippen molar-refractivity contribution in [3.8, 4) is 5.75 Å². The number of hydrogen-bond donors (Lipinski definition) is 1. The molecule has 1 aromatic rings. The van der Waals surface area contributed by atoms with E-state index in [2.05, 4.69) is 31.3 Å². The molecule has 1 fully saturated rings. The van der Waals surface area contributed by atoms with E-state index in [1.54, 1.807) is 7.11 Å². The van der Waals surface area contributed by atoms with Gasteiger partial charge in [-0.15, -0.1) is 0 Å². The fraction of sp³-hybridized carbons (Fsp3) is 0.556. The van der Waals surface area contributed by atoms with Crippen molar-refractivity contribution in [1.29, 1.82) is 0 Å². The first-order valence-electron chi connectivity index (χ1n) is 8.45. The average molecular weight is 331 g/mol. The van der Waals surface area contributed by atoms with Crippen molar-refractivity contribution in [2.24, 2.45) is 16.9 Å². The topological polar surface area (TPSA) is 36.9 Å². The molecule has 1 aromatic carbocycles. The smallest absolute Gasteiger partial charge is 0.190 e. The van der Waals surface area contributed by atoms with Crippen LogP contribution in [0.3, 0.4) is 0 Å². The van der Waals surface area contributed by atoms with Gasteiger partial charge in [0.25, 0.3) is 0 Å². The lowest BCUT2D eigenvalue weighted by Crippen LogP contribution is -2.38. The SMILES string of the molecule is CCNC(=S)N1N=C2C(C)CCC[C@@H]2[C@H]1c1ccc(OC)cc1. The second kappa shape index (κ2) is 6.87. The molecule has 0 spiro atoms. The van der Waals surface area contributed by atoms with Crippen molar-refractivity contribution in [3.63, 3.8) is 0 Å². The molecule has 0 aromatic heterocycles. The van der Waals surface area contributed by atoms with Crippen LogP contribution in [0.4, 0.5) is 0 Å². The maximum Gasteiger partial charge on any atom is 0.190 e. The van der Waals surface area contributed by atoms with Gasteiger partial charge in [0, 0.05) is 18.2 Å². The van der Waals surface area contributed by atoms with Gasteiger partial charge in [0.2, 0.25) is 0 Å². The van der Waals surface area contributed by atoms with Gasteiger partial charge in [-0.1, -0.05) is 25.5 Å². The summed E-state index contributed by atoms with van der Waals surface area (Å²) in [5.41, 5.74) is 2.57. The molecule has 0 amide bonds. The molecule has 0 radical (unpaired) electrons. The Morgan fingerprint density at radius 1 is 1.35 bits per heavy atom. The molecule has 0 saturated heterocycles. The molecule has 1 heterocycles. The molecule has 3 rings (SSSR count). The first kappa shape index (κ1) is 16.2. The maximum atomic E-state index is 5.58. The zero-order chi connectivity index (χ0) is 16.4. The number of benzene rings is 1. The highest BCUT2D eigenvalue weighted by molar-refractivity contribution is 7.80. The largest absolute Gasteiger partial charge is 0.497 e. The highest BCUT2D eigenvalue weighted by Crippen LogP contribution is 2.44. The Hall–Kier alpha value is -1.62. The average Bonchev–Trinajstić information content (AvgIpc) is 2.96. The van der Waals surface area contributed by atoms with Crippen LogP contribution in [0, 0.1) is 11.8 Å². The van der Waals surface area contributed by atoms with E-state index in [1.807, 2.05) is 17.1 Å². The second-order valence-corrected chi connectivity index (χ2v) is 6.75. The number of fused-ring (bicyclic) bond motifs is 1. The van der Waals surface area contributed by atoms with Crippen LogP contribution in [0.15, 0.2) is 29.4 Å². The summed E-state index contributed by atoms with van der Waals surface area (Å²) in [7, 11) is 1.70.